The summed E-state index contributed by atoms with van der Waals surface area (Å²) >= 11 is 1.72. The molecule has 18 heavy (non-hydrogen) atoms. The zero-order valence-corrected chi connectivity index (χ0v) is 10.8. The second-order valence-corrected chi connectivity index (χ2v) is 5.35. The molecular formula is C14H15NO2S. The number of hydrogen-bond donors (Lipinski definition) is 1. The Kier molecular flexibility index (Phi) is 3.21. The standard InChI is InChI=1S/C14H15NO2S/c15-9-11-3-5-14(18-11)10-2-4-12-13(8-10)17-7-1-6-16-12/h2-5,8H,1,6-7,9,15H2. The van der Waals surface area contributed by atoms with E-state index in [0.717, 1.165) is 36.7 Å². The minimum Gasteiger partial charge on any atom is -0.490 e. The van der Waals surface area contributed by atoms with Crippen molar-refractivity contribution in [3.8, 4) is 21.9 Å². The number of ether oxygens (including phenoxy) is 2. The SMILES string of the molecule is NCc1ccc(-c2ccc3c(c2)OCCCO3)s1. The Balaban J connectivity index is 1.95. The summed E-state index contributed by atoms with van der Waals surface area (Å²) in [5.74, 6) is 1.68. The summed E-state index contributed by atoms with van der Waals surface area (Å²) in [6.45, 7) is 2.03. The first-order chi connectivity index (χ1) is 8.86. The van der Waals surface area contributed by atoms with E-state index in [9.17, 15) is 0 Å². The van der Waals surface area contributed by atoms with Crippen molar-refractivity contribution in [1.29, 1.82) is 0 Å². The Hall–Kier alpha value is -1.52. The van der Waals surface area contributed by atoms with Gasteiger partial charge in [-0.3, -0.25) is 0 Å². The number of fused-ring (bicyclic) bond motifs is 1. The largest absolute Gasteiger partial charge is 0.490 e. The Morgan fingerprint density at radius 2 is 1.89 bits per heavy atom. The van der Waals surface area contributed by atoms with Crippen LogP contribution in [0.5, 0.6) is 11.5 Å². The molecule has 1 aliphatic rings. The van der Waals surface area contributed by atoms with Gasteiger partial charge in [-0.25, -0.2) is 0 Å². The Bertz CT molecular complexity index is 550. The molecule has 4 heteroatoms. The molecule has 0 bridgehead atoms. The molecule has 0 saturated carbocycles. The molecule has 0 radical (unpaired) electrons. The highest BCUT2D eigenvalue weighted by Crippen LogP contribution is 2.36. The van der Waals surface area contributed by atoms with Gasteiger partial charge in [0.15, 0.2) is 11.5 Å². The molecule has 2 aromatic rings. The lowest BCUT2D eigenvalue weighted by Gasteiger charge is -2.08. The topological polar surface area (TPSA) is 44.5 Å². The van der Waals surface area contributed by atoms with Crippen molar-refractivity contribution in [3.05, 3.63) is 35.2 Å². The van der Waals surface area contributed by atoms with E-state index in [1.807, 2.05) is 12.1 Å². The van der Waals surface area contributed by atoms with E-state index in [0.29, 0.717) is 6.54 Å². The van der Waals surface area contributed by atoms with Crippen molar-refractivity contribution in [2.24, 2.45) is 5.73 Å². The molecule has 0 atom stereocenters. The van der Waals surface area contributed by atoms with Crippen LogP contribution >= 0.6 is 11.3 Å². The Labute approximate surface area is 110 Å². The van der Waals surface area contributed by atoms with Gasteiger partial charge in [-0.15, -0.1) is 11.3 Å². The zero-order valence-electron chi connectivity index (χ0n) is 10.0. The maximum Gasteiger partial charge on any atom is 0.161 e. The summed E-state index contributed by atoms with van der Waals surface area (Å²) in [7, 11) is 0. The van der Waals surface area contributed by atoms with Crippen LogP contribution in [0.3, 0.4) is 0 Å². The van der Waals surface area contributed by atoms with Gasteiger partial charge in [-0.2, -0.15) is 0 Å². The Morgan fingerprint density at radius 1 is 1.06 bits per heavy atom. The molecule has 1 aliphatic heterocycles. The molecule has 1 aromatic heterocycles. The number of rotatable bonds is 2. The minimum atomic E-state index is 0.592. The fourth-order valence-corrected chi connectivity index (χ4v) is 2.84. The highest BCUT2D eigenvalue weighted by Gasteiger charge is 2.12. The third-order valence-corrected chi connectivity index (χ3v) is 4.05. The number of hydrogen-bond acceptors (Lipinski definition) is 4. The minimum absolute atomic E-state index is 0.592. The summed E-state index contributed by atoms with van der Waals surface area (Å²) in [4.78, 5) is 2.41. The van der Waals surface area contributed by atoms with E-state index >= 15 is 0 Å². The Morgan fingerprint density at radius 3 is 2.67 bits per heavy atom. The first-order valence-corrected chi connectivity index (χ1v) is 6.87. The van der Waals surface area contributed by atoms with Gasteiger partial charge in [-0.05, 0) is 35.9 Å². The number of nitrogens with two attached hydrogens (primary N) is 1. The van der Waals surface area contributed by atoms with Gasteiger partial charge in [0.05, 0.1) is 13.2 Å². The van der Waals surface area contributed by atoms with Gasteiger partial charge in [0.25, 0.3) is 0 Å². The summed E-state index contributed by atoms with van der Waals surface area (Å²) in [5, 5.41) is 0. The maximum absolute atomic E-state index is 5.70. The highest BCUT2D eigenvalue weighted by molar-refractivity contribution is 7.15. The highest BCUT2D eigenvalue weighted by atomic mass is 32.1. The second-order valence-electron chi connectivity index (χ2n) is 4.18. The summed E-state index contributed by atoms with van der Waals surface area (Å²) in [6, 6.07) is 10.3. The van der Waals surface area contributed by atoms with Crippen LogP contribution < -0.4 is 15.2 Å². The van der Waals surface area contributed by atoms with Crippen LogP contribution in [-0.2, 0) is 6.54 Å². The van der Waals surface area contributed by atoms with E-state index in [1.54, 1.807) is 11.3 Å². The summed E-state index contributed by atoms with van der Waals surface area (Å²) < 4.78 is 11.3. The summed E-state index contributed by atoms with van der Waals surface area (Å²) in [5.41, 5.74) is 6.79. The molecule has 0 saturated heterocycles. The molecule has 0 unspecified atom stereocenters. The van der Waals surface area contributed by atoms with Crippen LogP contribution in [0.4, 0.5) is 0 Å². The lowest BCUT2D eigenvalue weighted by atomic mass is 10.1. The molecule has 2 N–H and O–H groups in total. The molecule has 0 aliphatic carbocycles. The monoisotopic (exact) mass is 261 g/mol. The normalized spacial score (nSPS) is 14.3. The smallest absolute Gasteiger partial charge is 0.161 e. The maximum atomic E-state index is 5.70. The third kappa shape index (κ3) is 2.21. The third-order valence-electron chi connectivity index (χ3n) is 2.89. The first-order valence-electron chi connectivity index (χ1n) is 6.05. The fraction of sp³-hybridized carbons (Fsp3) is 0.286. The zero-order chi connectivity index (χ0) is 12.4. The van der Waals surface area contributed by atoms with Gasteiger partial charge in [0.2, 0.25) is 0 Å². The van der Waals surface area contributed by atoms with Gasteiger partial charge >= 0.3 is 0 Å². The fourth-order valence-electron chi connectivity index (χ4n) is 1.96. The molecule has 0 spiro atoms. The van der Waals surface area contributed by atoms with Gasteiger partial charge < -0.3 is 15.2 Å². The quantitative estimate of drug-likeness (QED) is 0.903. The molecule has 1 aromatic carbocycles. The van der Waals surface area contributed by atoms with E-state index in [4.69, 9.17) is 15.2 Å². The van der Waals surface area contributed by atoms with Gasteiger partial charge in [-0.1, -0.05) is 0 Å². The lowest BCUT2D eigenvalue weighted by Crippen LogP contribution is -1.97. The van der Waals surface area contributed by atoms with Crippen LogP contribution in [0.25, 0.3) is 10.4 Å². The van der Waals surface area contributed by atoms with Crippen molar-refractivity contribution in [2.75, 3.05) is 13.2 Å². The number of thiophene rings is 1. The van der Waals surface area contributed by atoms with Crippen molar-refractivity contribution >= 4 is 11.3 Å². The van der Waals surface area contributed by atoms with Crippen molar-refractivity contribution in [3.63, 3.8) is 0 Å². The van der Waals surface area contributed by atoms with Crippen LogP contribution in [0.1, 0.15) is 11.3 Å². The van der Waals surface area contributed by atoms with E-state index in [-0.39, 0.29) is 0 Å². The molecule has 94 valence electrons. The van der Waals surface area contributed by atoms with Crippen LogP contribution in [-0.4, -0.2) is 13.2 Å². The predicted molar refractivity (Wildman–Crippen MR) is 73.3 cm³/mol. The van der Waals surface area contributed by atoms with E-state index in [2.05, 4.69) is 18.2 Å². The molecule has 3 rings (SSSR count). The average Bonchev–Trinajstić information content (AvgIpc) is 2.76. The van der Waals surface area contributed by atoms with Crippen molar-refractivity contribution < 1.29 is 9.47 Å². The molecule has 0 fully saturated rings. The van der Waals surface area contributed by atoms with E-state index < -0.39 is 0 Å². The van der Waals surface area contributed by atoms with Crippen molar-refractivity contribution in [1.82, 2.24) is 0 Å². The molecule has 3 nitrogen and oxygen atoms in total. The summed E-state index contributed by atoms with van der Waals surface area (Å²) in [6.07, 6.45) is 0.931. The second kappa shape index (κ2) is 5.00. The molecule has 2 heterocycles. The van der Waals surface area contributed by atoms with E-state index in [1.165, 1.54) is 9.75 Å². The van der Waals surface area contributed by atoms with Crippen LogP contribution in [0.15, 0.2) is 30.3 Å². The average molecular weight is 261 g/mol. The van der Waals surface area contributed by atoms with Crippen LogP contribution in [0, 0.1) is 0 Å². The lowest BCUT2D eigenvalue weighted by molar-refractivity contribution is 0.297. The first kappa shape index (κ1) is 11.6. The number of benzene rings is 1. The van der Waals surface area contributed by atoms with Crippen molar-refractivity contribution in [2.45, 2.75) is 13.0 Å². The molecule has 0 amide bonds. The van der Waals surface area contributed by atoms with Gasteiger partial charge in [0.1, 0.15) is 0 Å². The predicted octanol–water partition coefficient (Wildman–Crippen LogP) is 3.04. The van der Waals surface area contributed by atoms with Gasteiger partial charge in [0, 0.05) is 22.7 Å². The van der Waals surface area contributed by atoms with Crippen LogP contribution in [0.2, 0.25) is 0 Å². The molecular weight excluding hydrogens is 246 g/mol.